The summed E-state index contributed by atoms with van der Waals surface area (Å²) in [4.78, 5) is 26.3. The molecule has 1 amide bonds. The van der Waals surface area contributed by atoms with Crippen LogP contribution in [-0.2, 0) is 4.79 Å². The van der Waals surface area contributed by atoms with Gasteiger partial charge in [0.2, 0.25) is 0 Å². The number of ether oxygens (including phenoxy) is 2. The van der Waals surface area contributed by atoms with Crippen molar-refractivity contribution in [2.75, 3.05) is 45.3 Å². The number of amides is 1. The van der Waals surface area contributed by atoms with Gasteiger partial charge in [0, 0.05) is 61.4 Å². The van der Waals surface area contributed by atoms with Crippen LogP contribution >= 0.6 is 0 Å². The van der Waals surface area contributed by atoms with E-state index >= 15 is 0 Å². The third-order valence-electron chi connectivity index (χ3n) is 7.46. The SMILES string of the molecule is COc1ccc(C2=NN(N3CCN(c4ccc([N+](=O)[O-])cc4)CC3)C(=O)C3CCCCC23)cc1OC. The Labute approximate surface area is 210 Å². The Morgan fingerprint density at radius 1 is 0.917 bits per heavy atom. The van der Waals surface area contributed by atoms with Crippen LogP contribution in [0.15, 0.2) is 47.6 Å². The van der Waals surface area contributed by atoms with Gasteiger partial charge in [-0.3, -0.25) is 14.9 Å². The van der Waals surface area contributed by atoms with Gasteiger partial charge in [0.05, 0.1) is 24.9 Å². The number of nitro groups is 1. The Morgan fingerprint density at radius 3 is 2.22 bits per heavy atom. The fourth-order valence-corrected chi connectivity index (χ4v) is 5.53. The van der Waals surface area contributed by atoms with E-state index < -0.39 is 4.92 Å². The Hall–Kier alpha value is -3.66. The molecule has 190 valence electrons. The predicted molar refractivity (Wildman–Crippen MR) is 135 cm³/mol. The molecule has 1 saturated heterocycles. The number of nitro benzene ring substituents is 1. The maximum Gasteiger partial charge on any atom is 0.269 e. The Balaban J connectivity index is 1.38. The van der Waals surface area contributed by atoms with Gasteiger partial charge in [-0.1, -0.05) is 12.8 Å². The molecule has 1 saturated carbocycles. The van der Waals surface area contributed by atoms with Crippen LogP contribution in [0.4, 0.5) is 11.4 Å². The van der Waals surface area contributed by atoms with Crippen LogP contribution in [0.25, 0.3) is 0 Å². The number of hydrogen-bond donors (Lipinski definition) is 0. The van der Waals surface area contributed by atoms with Gasteiger partial charge in [-0.25, -0.2) is 0 Å². The number of benzene rings is 2. The maximum absolute atomic E-state index is 13.6. The topological polar surface area (TPSA) is 101 Å². The molecular formula is C26H31N5O5. The number of hydrazine groups is 1. The minimum absolute atomic E-state index is 0.0766. The van der Waals surface area contributed by atoms with E-state index in [1.807, 2.05) is 23.2 Å². The number of hydrogen-bond acceptors (Lipinski definition) is 8. The van der Waals surface area contributed by atoms with E-state index in [1.165, 1.54) is 12.1 Å². The van der Waals surface area contributed by atoms with E-state index in [1.54, 1.807) is 31.5 Å². The fraction of sp³-hybridized carbons (Fsp3) is 0.462. The molecule has 5 rings (SSSR count). The molecule has 0 bridgehead atoms. The summed E-state index contributed by atoms with van der Waals surface area (Å²) in [5.74, 6) is 1.40. The summed E-state index contributed by atoms with van der Waals surface area (Å²) in [6, 6.07) is 12.4. The van der Waals surface area contributed by atoms with E-state index in [-0.39, 0.29) is 23.4 Å². The monoisotopic (exact) mass is 493 g/mol. The van der Waals surface area contributed by atoms with Crippen molar-refractivity contribution in [2.45, 2.75) is 25.7 Å². The van der Waals surface area contributed by atoms with Gasteiger partial charge in [-0.15, -0.1) is 0 Å². The highest BCUT2D eigenvalue weighted by atomic mass is 16.6. The van der Waals surface area contributed by atoms with E-state index in [9.17, 15) is 14.9 Å². The molecule has 0 spiro atoms. The summed E-state index contributed by atoms with van der Waals surface area (Å²) in [6.45, 7) is 2.64. The van der Waals surface area contributed by atoms with Crippen molar-refractivity contribution in [2.24, 2.45) is 16.9 Å². The van der Waals surface area contributed by atoms with Crippen molar-refractivity contribution in [1.29, 1.82) is 0 Å². The minimum Gasteiger partial charge on any atom is -0.493 e. The fourth-order valence-electron chi connectivity index (χ4n) is 5.53. The van der Waals surface area contributed by atoms with E-state index in [2.05, 4.69) is 4.90 Å². The van der Waals surface area contributed by atoms with Crippen LogP contribution < -0.4 is 14.4 Å². The first-order chi connectivity index (χ1) is 17.5. The molecule has 2 aliphatic heterocycles. The number of carbonyl (C=O) groups excluding carboxylic acids is 1. The van der Waals surface area contributed by atoms with Crippen molar-refractivity contribution in [1.82, 2.24) is 10.1 Å². The number of methoxy groups -OCH3 is 2. The number of non-ortho nitro benzene ring substituents is 1. The molecule has 2 fully saturated rings. The predicted octanol–water partition coefficient (Wildman–Crippen LogP) is 3.70. The highest BCUT2D eigenvalue weighted by molar-refractivity contribution is 6.07. The molecule has 3 aliphatic rings. The molecule has 10 heteroatoms. The number of hydrazone groups is 1. The van der Waals surface area contributed by atoms with Crippen LogP contribution in [0.3, 0.4) is 0 Å². The smallest absolute Gasteiger partial charge is 0.269 e. The van der Waals surface area contributed by atoms with Crippen molar-refractivity contribution >= 4 is 23.0 Å². The molecule has 2 unspecified atom stereocenters. The number of rotatable bonds is 6. The van der Waals surface area contributed by atoms with Crippen LogP contribution in [0.2, 0.25) is 0 Å². The van der Waals surface area contributed by atoms with Crippen molar-refractivity contribution in [3.8, 4) is 11.5 Å². The summed E-state index contributed by atoms with van der Waals surface area (Å²) in [5.41, 5.74) is 2.90. The van der Waals surface area contributed by atoms with Crippen LogP contribution in [0.5, 0.6) is 11.5 Å². The first kappa shape index (κ1) is 24.1. The second kappa shape index (κ2) is 10.1. The third-order valence-corrected chi connectivity index (χ3v) is 7.46. The van der Waals surface area contributed by atoms with Crippen LogP contribution in [0.1, 0.15) is 31.2 Å². The highest BCUT2D eigenvalue weighted by Gasteiger charge is 2.43. The standard InChI is InChI=1S/C26H31N5O5/c1-35-23-12-7-18(17-24(23)36-2)25-21-5-3-4-6-22(21)26(32)30(27-25)29-15-13-28(14-16-29)19-8-10-20(11-9-19)31(33)34/h7-12,17,21-22H,3-6,13-16H2,1-2H3. The van der Waals surface area contributed by atoms with Gasteiger partial charge in [-0.2, -0.15) is 15.2 Å². The zero-order chi connectivity index (χ0) is 25.2. The average Bonchev–Trinajstić information content (AvgIpc) is 2.93. The molecule has 2 aromatic carbocycles. The van der Waals surface area contributed by atoms with Gasteiger partial charge in [-0.05, 0) is 43.2 Å². The normalized spacial score (nSPS) is 22.6. The Morgan fingerprint density at radius 2 is 1.58 bits per heavy atom. The molecule has 0 radical (unpaired) electrons. The summed E-state index contributed by atoms with van der Waals surface area (Å²) in [6.07, 6.45) is 3.96. The molecule has 0 aromatic heterocycles. The van der Waals surface area contributed by atoms with Crippen molar-refractivity contribution in [3.63, 3.8) is 0 Å². The zero-order valence-electron chi connectivity index (χ0n) is 20.6. The van der Waals surface area contributed by atoms with E-state index in [0.29, 0.717) is 37.7 Å². The zero-order valence-corrected chi connectivity index (χ0v) is 20.6. The minimum atomic E-state index is -0.393. The third kappa shape index (κ3) is 4.48. The van der Waals surface area contributed by atoms with Crippen molar-refractivity contribution in [3.05, 3.63) is 58.1 Å². The summed E-state index contributed by atoms with van der Waals surface area (Å²) < 4.78 is 10.9. The first-order valence-corrected chi connectivity index (χ1v) is 12.4. The summed E-state index contributed by atoms with van der Waals surface area (Å²) in [7, 11) is 3.23. The first-order valence-electron chi connectivity index (χ1n) is 12.4. The van der Waals surface area contributed by atoms with E-state index in [0.717, 1.165) is 42.6 Å². The van der Waals surface area contributed by atoms with Gasteiger partial charge in [0.25, 0.3) is 11.6 Å². The molecule has 36 heavy (non-hydrogen) atoms. The highest BCUT2D eigenvalue weighted by Crippen LogP contribution is 2.39. The maximum atomic E-state index is 13.6. The van der Waals surface area contributed by atoms with Gasteiger partial charge in [0.1, 0.15) is 0 Å². The van der Waals surface area contributed by atoms with E-state index in [4.69, 9.17) is 14.6 Å². The number of piperazine rings is 1. The van der Waals surface area contributed by atoms with Gasteiger partial charge >= 0.3 is 0 Å². The second-order valence-electron chi connectivity index (χ2n) is 9.39. The lowest BCUT2D eigenvalue weighted by molar-refractivity contribution is -0.384. The number of carbonyl (C=O) groups is 1. The Kier molecular flexibility index (Phi) is 6.77. The average molecular weight is 494 g/mol. The lowest BCUT2D eigenvalue weighted by Crippen LogP contribution is -2.58. The molecule has 1 aliphatic carbocycles. The second-order valence-corrected chi connectivity index (χ2v) is 9.39. The lowest BCUT2D eigenvalue weighted by Gasteiger charge is -2.45. The molecule has 2 heterocycles. The van der Waals surface area contributed by atoms with Crippen LogP contribution in [-0.4, -0.2) is 67.1 Å². The Bertz CT molecular complexity index is 1160. The largest absolute Gasteiger partial charge is 0.493 e. The number of nitrogens with zero attached hydrogens (tertiary/aromatic N) is 5. The number of fused-ring (bicyclic) bond motifs is 1. The molecule has 0 N–H and O–H groups in total. The molecule has 10 nitrogen and oxygen atoms in total. The van der Waals surface area contributed by atoms with Crippen molar-refractivity contribution < 1.29 is 19.2 Å². The summed E-state index contributed by atoms with van der Waals surface area (Å²) >= 11 is 0. The molecule has 2 atom stereocenters. The van der Waals surface area contributed by atoms with Crippen LogP contribution in [0, 0.1) is 22.0 Å². The summed E-state index contributed by atoms with van der Waals surface area (Å²) in [5, 5.41) is 19.5. The van der Waals surface area contributed by atoms with Gasteiger partial charge in [0.15, 0.2) is 11.5 Å². The quantitative estimate of drug-likeness (QED) is 0.447. The van der Waals surface area contributed by atoms with Gasteiger partial charge < -0.3 is 14.4 Å². The lowest BCUT2D eigenvalue weighted by atomic mass is 9.73. The number of anilines is 1. The molecular weight excluding hydrogens is 462 g/mol. The molecule has 2 aromatic rings.